The number of aliphatic hydroxyl groups is 1. The summed E-state index contributed by atoms with van der Waals surface area (Å²) in [5.41, 5.74) is 1.45. The molecule has 0 saturated heterocycles. The van der Waals surface area contributed by atoms with Crippen molar-refractivity contribution in [1.29, 1.82) is 0 Å². The summed E-state index contributed by atoms with van der Waals surface area (Å²) in [5, 5.41) is 9.89. The van der Waals surface area contributed by atoms with Crippen LogP contribution in [-0.4, -0.2) is 18.3 Å². The van der Waals surface area contributed by atoms with Crippen molar-refractivity contribution in [1.82, 2.24) is 0 Å². The monoisotopic (exact) mass is 226 g/mol. The topological polar surface area (TPSA) is 29.5 Å². The fourth-order valence-corrected chi connectivity index (χ4v) is 3.17. The van der Waals surface area contributed by atoms with Crippen LogP contribution in [0.1, 0.15) is 41.2 Å². The smallest absolute Gasteiger partial charge is 0.111 e. The van der Waals surface area contributed by atoms with Crippen LogP contribution in [0.4, 0.5) is 0 Å². The first-order valence-electron chi connectivity index (χ1n) is 5.68. The molecule has 1 aliphatic rings. The van der Waals surface area contributed by atoms with Gasteiger partial charge in [0.05, 0.1) is 6.61 Å². The van der Waals surface area contributed by atoms with Crippen LogP contribution < -0.4 is 0 Å². The molecule has 0 spiro atoms. The minimum absolute atomic E-state index is 0.424. The lowest BCUT2D eigenvalue weighted by Crippen LogP contribution is -2.06. The van der Waals surface area contributed by atoms with Gasteiger partial charge in [-0.05, 0) is 37.3 Å². The van der Waals surface area contributed by atoms with E-state index in [-0.39, 0.29) is 0 Å². The van der Waals surface area contributed by atoms with Gasteiger partial charge in [0, 0.05) is 16.4 Å². The number of rotatable bonds is 5. The molecule has 0 amide bonds. The molecule has 15 heavy (non-hydrogen) atoms. The normalized spacial score (nSPS) is 16.7. The highest BCUT2D eigenvalue weighted by Gasteiger charge is 2.18. The lowest BCUT2D eigenvalue weighted by molar-refractivity contribution is 0.0381. The van der Waals surface area contributed by atoms with Gasteiger partial charge in [-0.15, -0.1) is 11.3 Å². The van der Waals surface area contributed by atoms with E-state index < -0.39 is 6.10 Å². The van der Waals surface area contributed by atoms with Crippen molar-refractivity contribution >= 4 is 11.3 Å². The molecule has 0 aromatic carbocycles. The maximum atomic E-state index is 9.89. The number of aryl methyl sites for hydroxylation is 2. The van der Waals surface area contributed by atoms with Gasteiger partial charge >= 0.3 is 0 Å². The minimum atomic E-state index is -0.424. The third-order valence-electron chi connectivity index (χ3n) is 2.72. The Morgan fingerprint density at radius 3 is 3.13 bits per heavy atom. The van der Waals surface area contributed by atoms with E-state index in [1.165, 1.54) is 29.7 Å². The quantitative estimate of drug-likeness (QED) is 0.782. The lowest BCUT2D eigenvalue weighted by atomic mass is 10.2. The van der Waals surface area contributed by atoms with E-state index in [0.29, 0.717) is 6.61 Å². The van der Waals surface area contributed by atoms with Crippen molar-refractivity contribution in [2.45, 2.75) is 38.7 Å². The van der Waals surface area contributed by atoms with Crippen LogP contribution in [-0.2, 0) is 17.6 Å². The Labute approximate surface area is 94.9 Å². The number of fused-ring (bicyclic) bond motifs is 1. The van der Waals surface area contributed by atoms with Crippen LogP contribution in [0.5, 0.6) is 0 Å². The van der Waals surface area contributed by atoms with Crippen LogP contribution >= 0.6 is 11.3 Å². The second-order valence-corrected chi connectivity index (χ2v) is 5.21. The van der Waals surface area contributed by atoms with Gasteiger partial charge in [0.2, 0.25) is 0 Å². The van der Waals surface area contributed by atoms with E-state index in [2.05, 4.69) is 13.0 Å². The number of hydrogen-bond donors (Lipinski definition) is 1. The molecule has 0 fully saturated rings. The van der Waals surface area contributed by atoms with Crippen LogP contribution in [0, 0.1) is 0 Å². The molecular weight excluding hydrogens is 208 g/mol. The number of aliphatic hydroxyl groups excluding tert-OH is 1. The highest BCUT2D eigenvalue weighted by atomic mass is 32.1. The Bertz CT molecular complexity index is 298. The fourth-order valence-electron chi connectivity index (χ4n) is 1.94. The van der Waals surface area contributed by atoms with Crippen molar-refractivity contribution in [3.63, 3.8) is 0 Å². The minimum Gasteiger partial charge on any atom is -0.385 e. The lowest BCUT2D eigenvalue weighted by Gasteiger charge is -2.08. The molecule has 84 valence electrons. The summed E-state index contributed by atoms with van der Waals surface area (Å²) in [6.45, 7) is 3.25. The summed E-state index contributed by atoms with van der Waals surface area (Å²) in [5.74, 6) is 0. The summed E-state index contributed by atoms with van der Waals surface area (Å²) in [4.78, 5) is 2.55. The third-order valence-corrected chi connectivity index (χ3v) is 4.06. The molecule has 1 unspecified atom stereocenters. The van der Waals surface area contributed by atoms with Gasteiger partial charge < -0.3 is 9.84 Å². The molecule has 0 aliphatic heterocycles. The zero-order valence-corrected chi connectivity index (χ0v) is 9.98. The molecule has 1 heterocycles. The van der Waals surface area contributed by atoms with E-state index in [1.807, 2.05) is 0 Å². The van der Waals surface area contributed by atoms with Crippen molar-refractivity contribution in [2.24, 2.45) is 0 Å². The molecular formula is C12H18O2S. The third kappa shape index (κ3) is 2.60. The first kappa shape index (κ1) is 11.1. The molecule has 0 saturated carbocycles. The molecule has 1 N–H and O–H groups in total. The maximum Gasteiger partial charge on any atom is 0.111 e. The molecule has 0 bridgehead atoms. The van der Waals surface area contributed by atoms with Gasteiger partial charge in [-0.1, -0.05) is 6.92 Å². The Balaban J connectivity index is 1.91. The zero-order valence-electron chi connectivity index (χ0n) is 9.16. The van der Waals surface area contributed by atoms with Crippen LogP contribution in [0.25, 0.3) is 0 Å². The summed E-state index contributed by atoms with van der Waals surface area (Å²) >= 11 is 1.76. The highest BCUT2D eigenvalue weighted by molar-refractivity contribution is 7.12. The first-order chi connectivity index (χ1) is 7.31. The molecule has 1 aromatic heterocycles. The van der Waals surface area contributed by atoms with Gasteiger partial charge in [0.15, 0.2) is 0 Å². The van der Waals surface area contributed by atoms with Crippen LogP contribution in [0.15, 0.2) is 6.07 Å². The summed E-state index contributed by atoms with van der Waals surface area (Å²) in [6.07, 6.45) is 4.25. The van der Waals surface area contributed by atoms with Gasteiger partial charge in [0.25, 0.3) is 0 Å². The molecule has 1 aliphatic carbocycles. The molecule has 1 aromatic rings. The van der Waals surface area contributed by atoms with E-state index in [9.17, 15) is 5.11 Å². The number of thiophene rings is 1. The van der Waals surface area contributed by atoms with Crippen LogP contribution in [0.2, 0.25) is 0 Å². The highest BCUT2D eigenvalue weighted by Crippen LogP contribution is 2.33. The second-order valence-electron chi connectivity index (χ2n) is 4.04. The molecule has 0 radical (unpaired) electrons. The Hall–Kier alpha value is -0.380. The zero-order chi connectivity index (χ0) is 10.7. The van der Waals surface area contributed by atoms with Gasteiger partial charge in [0.1, 0.15) is 6.10 Å². The van der Waals surface area contributed by atoms with Crippen LogP contribution in [0.3, 0.4) is 0 Å². The predicted octanol–water partition coefficient (Wildman–Crippen LogP) is 2.70. The number of ether oxygens (including phenoxy) is 1. The summed E-state index contributed by atoms with van der Waals surface area (Å²) < 4.78 is 5.36. The predicted molar refractivity (Wildman–Crippen MR) is 62.4 cm³/mol. The Morgan fingerprint density at radius 2 is 2.40 bits per heavy atom. The van der Waals surface area contributed by atoms with E-state index in [0.717, 1.165) is 17.9 Å². The summed E-state index contributed by atoms with van der Waals surface area (Å²) in [6, 6.07) is 2.16. The van der Waals surface area contributed by atoms with Crippen molar-refractivity contribution < 1.29 is 9.84 Å². The first-order valence-corrected chi connectivity index (χ1v) is 6.50. The van der Waals surface area contributed by atoms with Crippen molar-refractivity contribution in [2.75, 3.05) is 13.2 Å². The Kier molecular flexibility index (Phi) is 3.78. The van der Waals surface area contributed by atoms with E-state index in [4.69, 9.17) is 4.74 Å². The number of hydrogen-bond acceptors (Lipinski definition) is 3. The summed E-state index contributed by atoms with van der Waals surface area (Å²) in [7, 11) is 0. The standard InChI is InChI=1S/C12H18O2S/c1-2-6-14-8-10(13)12-7-9-4-3-5-11(9)15-12/h7,10,13H,2-6,8H2,1H3. The maximum absolute atomic E-state index is 9.89. The SMILES string of the molecule is CCCOCC(O)c1cc2c(s1)CCC2. The van der Waals surface area contributed by atoms with Gasteiger partial charge in [-0.2, -0.15) is 0 Å². The largest absolute Gasteiger partial charge is 0.385 e. The average molecular weight is 226 g/mol. The molecule has 2 rings (SSSR count). The van der Waals surface area contributed by atoms with Crippen molar-refractivity contribution in [3.8, 4) is 0 Å². The average Bonchev–Trinajstić information content (AvgIpc) is 2.76. The van der Waals surface area contributed by atoms with E-state index >= 15 is 0 Å². The van der Waals surface area contributed by atoms with Gasteiger partial charge in [-0.3, -0.25) is 0 Å². The van der Waals surface area contributed by atoms with Gasteiger partial charge in [-0.25, -0.2) is 0 Å². The Morgan fingerprint density at radius 1 is 1.53 bits per heavy atom. The van der Waals surface area contributed by atoms with E-state index in [1.54, 1.807) is 11.3 Å². The molecule has 3 heteroatoms. The molecule has 2 nitrogen and oxygen atoms in total. The van der Waals surface area contributed by atoms with Crippen molar-refractivity contribution in [3.05, 3.63) is 21.4 Å². The molecule has 1 atom stereocenters. The fraction of sp³-hybridized carbons (Fsp3) is 0.667. The second kappa shape index (κ2) is 5.10.